The predicted octanol–water partition coefficient (Wildman–Crippen LogP) is 4.34. The summed E-state index contributed by atoms with van der Waals surface area (Å²) < 4.78 is 36.4. The summed E-state index contributed by atoms with van der Waals surface area (Å²) in [6, 6.07) is 4.90. The van der Waals surface area contributed by atoms with E-state index in [9.17, 15) is 13.6 Å². The van der Waals surface area contributed by atoms with Crippen LogP contribution in [0.25, 0.3) is 0 Å². The number of carbonyl (C=O) groups is 1. The number of aromatic nitrogens is 2. The van der Waals surface area contributed by atoms with Crippen LogP contribution in [0.1, 0.15) is 48.3 Å². The van der Waals surface area contributed by atoms with Crippen LogP contribution in [0.3, 0.4) is 0 Å². The van der Waals surface area contributed by atoms with Crippen LogP contribution in [-0.4, -0.2) is 41.1 Å². The van der Waals surface area contributed by atoms with Gasteiger partial charge in [0.05, 0.1) is 5.69 Å². The number of ketones is 1. The Bertz CT molecular complexity index is 891. The fourth-order valence-electron chi connectivity index (χ4n) is 3.45. The monoisotopic (exact) mass is 405 g/mol. The van der Waals surface area contributed by atoms with Crippen LogP contribution in [0.4, 0.5) is 14.6 Å². The standard InChI is InChI=1S/C21H25F2N3O3/c1-13-11-18(15(3)27)14(2)25-20(13)26-9-6-16(7-10-26)28-17-5-8-24-19(12-17)29-21(4,22)23/h5,8,11-12,16H,6-7,9-10H2,1-4H3. The highest BCUT2D eigenvalue weighted by Crippen LogP contribution is 2.28. The SMILES string of the molecule is CC(=O)c1cc(C)c(N2CCC(Oc3ccnc(OC(C)(F)F)c3)CC2)nc1C. The van der Waals surface area contributed by atoms with Gasteiger partial charge in [0.2, 0.25) is 5.88 Å². The van der Waals surface area contributed by atoms with Gasteiger partial charge in [0.1, 0.15) is 17.7 Å². The molecule has 8 heteroatoms. The molecule has 6 nitrogen and oxygen atoms in total. The third-order valence-corrected chi connectivity index (χ3v) is 4.79. The molecule has 0 saturated carbocycles. The van der Waals surface area contributed by atoms with Crippen molar-refractivity contribution >= 4 is 11.6 Å². The Morgan fingerprint density at radius 3 is 2.55 bits per heavy atom. The zero-order valence-corrected chi connectivity index (χ0v) is 17.0. The normalized spacial score (nSPS) is 15.3. The predicted molar refractivity (Wildman–Crippen MR) is 105 cm³/mol. The second-order valence-electron chi connectivity index (χ2n) is 7.36. The van der Waals surface area contributed by atoms with Crippen molar-refractivity contribution in [1.82, 2.24) is 9.97 Å². The molecule has 2 aromatic heterocycles. The highest BCUT2D eigenvalue weighted by Gasteiger charge is 2.26. The number of aryl methyl sites for hydroxylation is 2. The summed E-state index contributed by atoms with van der Waals surface area (Å²) in [6.07, 6.45) is -0.425. The number of rotatable bonds is 6. The fourth-order valence-corrected chi connectivity index (χ4v) is 3.45. The molecular weight excluding hydrogens is 380 g/mol. The van der Waals surface area contributed by atoms with Crippen molar-refractivity contribution in [2.24, 2.45) is 0 Å². The van der Waals surface area contributed by atoms with Crippen LogP contribution in [0.5, 0.6) is 11.6 Å². The highest BCUT2D eigenvalue weighted by molar-refractivity contribution is 5.95. The fraction of sp³-hybridized carbons (Fsp3) is 0.476. The van der Waals surface area contributed by atoms with E-state index in [0.29, 0.717) is 18.2 Å². The lowest BCUT2D eigenvalue weighted by Gasteiger charge is -2.34. The summed E-state index contributed by atoms with van der Waals surface area (Å²) in [5.41, 5.74) is 2.35. The molecule has 0 atom stereocenters. The molecule has 0 radical (unpaired) electrons. The van der Waals surface area contributed by atoms with E-state index >= 15 is 0 Å². The molecule has 2 aromatic rings. The summed E-state index contributed by atoms with van der Waals surface area (Å²) in [4.78, 5) is 22.3. The number of halogens is 2. The first-order valence-corrected chi connectivity index (χ1v) is 9.56. The maximum atomic E-state index is 13.0. The van der Waals surface area contributed by atoms with E-state index in [1.54, 1.807) is 13.0 Å². The van der Waals surface area contributed by atoms with Crippen molar-refractivity contribution in [2.45, 2.75) is 52.7 Å². The van der Waals surface area contributed by atoms with Crippen LogP contribution in [-0.2, 0) is 0 Å². The average molecular weight is 405 g/mol. The number of piperidine rings is 1. The number of alkyl halides is 2. The van der Waals surface area contributed by atoms with Crippen molar-refractivity contribution in [3.05, 3.63) is 41.2 Å². The molecule has 0 N–H and O–H groups in total. The molecule has 29 heavy (non-hydrogen) atoms. The Kier molecular flexibility index (Phi) is 6.00. The lowest BCUT2D eigenvalue weighted by atomic mass is 10.0. The van der Waals surface area contributed by atoms with E-state index in [1.165, 1.54) is 12.3 Å². The number of hydrogen-bond donors (Lipinski definition) is 0. The van der Waals surface area contributed by atoms with Crippen LogP contribution < -0.4 is 14.4 Å². The zero-order chi connectivity index (χ0) is 21.2. The number of hydrogen-bond acceptors (Lipinski definition) is 6. The summed E-state index contributed by atoms with van der Waals surface area (Å²) in [6.45, 7) is 7.51. The first kappa shape index (κ1) is 21.0. The highest BCUT2D eigenvalue weighted by atomic mass is 19.3. The van der Waals surface area contributed by atoms with Crippen molar-refractivity contribution in [3.8, 4) is 11.6 Å². The molecule has 1 aliphatic heterocycles. The molecule has 3 heterocycles. The number of pyridine rings is 2. The Balaban J connectivity index is 1.62. The van der Waals surface area contributed by atoms with Gasteiger partial charge in [-0.3, -0.25) is 4.79 Å². The van der Waals surface area contributed by atoms with Gasteiger partial charge in [-0.05, 0) is 38.5 Å². The molecule has 1 fully saturated rings. The first-order valence-electron chi connectivity index (χ1n) is 9.56. The van der Waals surface area contributed by atoms with Gasteiger partial charge in [0.15, 0.2) is 5.78 Å². The number of ether oxygens (including phenoxy) is 2. The summed E-state index contributed by atoms with van der Waals surface area (Å²) in [5.74, 6) is 1.18. The van der Waals surface area contributed by atoms with E-state index in [-0.39, 0.29) is 17.8 Å². The summed E-state index contributed by atoms with van der Waals surface area (Å²) in [7, 11) is 0. The van der Waals surface area contributed by atoms with E-state index in [0.717, 1.165) is 43.0 Å². The van der Waals surface area contributed by atoms with Gasteiger partial charge in [-0.15, -0.1) is 0 Å². The van der Waals surface area contributed by atoms with Crippen LogP contribution in [0.2, 0.25) is 0 Å². The average Bonchev–Trinajstić information content (AvgIpc) is 2.63. The van der Waals surface area contributed by atoms with E-state index in [4.69, 9.17) is 4.74 Å². The summed E-state index contributed by atoms with van der Waals surface area (Å²) >= 11 is 0. The number of anilines is 1. The van der Waals surface area contributed by atoms with Gasteiger partial charge in [-0.25, -0.2) is 9.97 Å². The first-order chi connectivity index (χ1) is 13.6. The largest absolute Gasteiger partial charge is 0.490 e. The number of carbonyl (C=O) groups excluding carboxylic acids is 1. The lowest BCUT2D eigenvalue weighted by molar-refractivity contribution is -0.161. The van der Waals surface area contributed by atoms with Crippen molar-refractivity contribution in [1.29, 1.82) is 0 Å². The Labute approximate surface area is 168 Å². The van der Waals surface area contributed by atoms with Crippen molar-refractivity contribution in [3.63, 3.8) is 0 Å². The molecule has 3 rings (SSSR count). The van der Waals surface area contributed by atoms with Crippen LogP contribution in [0.15, 0.2) is 24.4 Å². The molecule has 0 aliphatic carbocycles. The van der Waals surface area contributed by atoms with Crippen LogP contribution in [0, 0.1) is 13.8 Å². The molecular formula is C21H25F2N3O3. The molecule has 1 saturated heterocycles. The minimum atomic E-state index is -3.29. The molecule has 0 unspecified atom stereocenters. The molecule has 156 valence electrons. The second kappa shape index (κ2) is 8.31. The van der Waals surface area contributed by atoms with Crippen molar-refractivity contribution < 1.29 is 23.0 Å². The molecule has 1 aliphatic rings. The topological polar surface area (TPSA) is 64.6 Å². The van der Waals surface area contributed by atoms with Crippen LogP contribution >= 0.6 is 0 Å². The smallest absolute Gasteiger partial charge is 0.396 e. The van der Waals surface area contributed by atoms with E-state index < -0.39 is 6.11 Å². The van der Waals surface area contributed by atoms with Gasteiger partial charge in [0, 0.05) is 50.7 Å². The third-order valence-electron chi connectivity index (χ3n) is 4.79. The lowest BCUT2D eigenvalue weighted by Crippen LogP contribution is -2.39. The van der Waals surface area contributed by atoms with Gasteiger partial charge < -0.3 is 14.4 Å². The van der Waals surface area contributed by atoms with E-state index in [1.807, 2.05) is 19.9 Å². The van der Waals surface area contributed by atoms with Gasteiger partial charge >= 0.3 is 6.11 Å². The third kappa shape index (κ3) is 5.40. The molecule has 0 spiro atoms. The second-order valence-corrected chi connectivity index (χ2v) is 7.36. The molecule has 0 amide bonds. The Morgan fingerprint density at radius 1 is 1.24 bits per heavy atom. The van der Waals surface area contributed by atoms with Gasteiger partial charge in [-0.2, -0.15) is 8.78 Å². The number of Topliss-reactive ketones (excluding diaryl/α,β-unsaturated/α-hetero) is 1. The van der Waals surface area contributed by atoms with E-state index in [2.05, 4.69) is 19.6 Å². The number of nitrogens with zero attached hydrogens (tertiary/aromatic N) is 3. The Hall–Kier alpha value is -2.77. The maximum absolute atomic E-state index is 13.0. The quantitative estimate of drug-likeness (QED) is 0.667. The van der Waals surface area contributed by atoms with Gasteiger partial charge in [-0.1, -0.05) is 0 Å². The van der Waals surface area contributed by atoms with Gasteiger partial charge in [0.25, 0.3) is 0 Å². The molecule has 0 aromatic carbocycles. The molecule has 0 bridgehead atoms. The minimum absolute atomic E-state index is 0.0123. The Morgan fingerprint density at radius 2 is 1.93 bits per heavy atom. The summed E-state index contributed by atoms with van der Waals surface area (Å²) in [5, 5.41) is 0. The maximum Gasteiger partial charge on any atom is 0.396 e. The minimum Gasteiger partial charge on any atom is -0.490 e. The zero-order valence-electron chi connectivity index (χ0n) is 17.0. The van der Waals surface area contributed by atoms with Crippen molar-refractivity contribution in [2.75, 3.05) is 18.0 Å².